The number of carboxylic acids is 1. The van der Waals surface area contributed by atoms with Crippen molar-refractivity contribution in [2.75, 3.05) is 13.2 Å². The molecule has 6 heteroatoms. The number of hydrogen-bond acceptors (Lipinski definition) is 5. The van der Waals surface area contributed by atoms with E-state index in [1.165, 1.54) is 0 Å². The molecule has 0 amide bonds. The number of hydrogen-bond donors (Lipinski definition) is 1. The van der Waals surface area contributed by atoms with Crippen LogP contribution in [0.1, 0.15) is 44.1 Å². The minimum absolute atomic E-state index is 0.238. The average Bonchev–Trinajstić information content (AvgIpc) is 3.07. The molecule has 0 bridgehead atoms. The number of carbonyl (C=O) groups is 1. The summed E-state index contributed by atoms with van der Waals surface area (Å²) >= 11 is 0. The zero-order valence-corrected chi connectivity index (χ0v) is 15.9. The monoisotopic (exact) mass is 373 g/mol. The van der Waals surface area contributed by atoms with E-state index < -0.39 is 11.8 Å². The van der Waals surface area contributed by atoms with E-state index in [2.05, 4.69) is 4.98 Å². The van der Waals surface area contributed by atoms with Gasteiger partial charge in [0.25, 0.3) is 5.79 Å². The van der Waals surface area contributed by atoms with Crippen LogP contribution in [0.5, 0.6) is 0 Å². The number of oxazole rings is 1. The summed E-state index contributed by atoms with van der Waals surface area (Å²) < 4.78 is 16.9. The molecule has 3 rings (SSSR count). The van der Waals surface area contributed by atoms with E-state index in [1.54, 1.807) is 6.92 Å². The highest BCUT2D eigenvalue weighted by Gasteiger charge is 2.43. The van der Waals surface area contributed by atoms with Gasteiger partial charge in [0.05, 0.1) is 18.9 Å². The van der Waals surface area contributed by atoms with Gasteiger partial charge in [-0.2, -0.15) is 0 Å². The maximum atomic E-state index is 11.3. The largest absolute Gasteiger partial charge is 0.477 e. The average molecular weight is 373 g/mol. The third-order valence-corrected chi connectivity index (χ3v) is 5.09. The van der Waals surface area contributed by atoms with Crippen LogP contribution in [0.25, 0.3) is 11.5 Å². The topological polar surface area (TPSA) is 81.8 Å². The van der Waals surface area contributed by atoms with Crippen LogP contribution < -0.4 is 0 Å². The van der Waals surface area contributed by atoms with Gasteiger partial charge in [-0.25, -0.2) is 9.78 Å². The summed E-state index contributed by atoms with van der Waals surface area (Å²) in [7, 11) is 0. The molecule has 2 aromatic rings. The minimum Gasteiger partial charge on any atom is -0.477 e. The number of nitrogens with zero attached hydrogens (tertiary/aromatic N) is 1. The van der Waals surface area contributed by atoms with Gasteiger partial charge in [-0.15, -0.1) is 0 Å². The fourth-order valence-corrected chi connectivity index (χ4v) is 3.33. The maximum absolute atomic E-state index is 11.3. The highest BCUT2D eigenvalue weighted by molar-refractivity contribution is 5.75. The van der Waals surface area contributed by atoms with Crippen LogP contribution in [-0.4, -0.2) is 35.1 Å². The smallest absolute Gasteiger partial charge is 0.364 e. The number of aryl methyl sites for hydroxylation is 2. The van der Waals surface area contributed by atoms with Gasteiger partial charge in [0.2, 0.25) is 5.89 Å². The van der Waals surface area contributed by atoms with E-state index in [-0.39, 0.29) is 5.92 Å². The summed E-state index contributed by atoms with van der Waals surface area (Å²) in [5.41, 5.74) is 1.99. The van der Waals surface area contributed by atoms with Crippen LogP contribution in [0.3, 0.4) is 0 Å². The van der Waals surface area contributed by atoms with Crippen molar-refractivity contribution < 1.29 is 23.8 Å². The number of aliphatic carboxylic acids is 1. The van der Waals surface area contributed by atoms with Gasteiger partial charge >= 0.3 is 5.97 Å². The normalized spacial score (nSPS) is 22.7. The Morgan fingerprint density at radius 3 is 2.56 bits per heavy atom. The van der Waals surface area contributed by atoms with Crippen molar-refractivity contribution in [1.29, 1.82) is 0 Å². The van der Waals surface area contributed by atoms with Crippen LogP contribution in [-0.2, 0) is 20.7 Å². The number of carboxylic acid groups (broad SMARTS) is 1. The first-order valence-electron chi connectivity index (χ1n) is 9.57. The number of ether oxygens (including phenoxy) is 2. The molecule has 146 valence electrons. The van der Waals surface area contributed by atoms with Gasteiger partial charge in [-0.05, 0) is 38.3 Å². The Bertz CT molecular complexity index is 747. The summed E-state index contributed by atoms with van der Waals surface area (Å²) in [5, 5.41) is 9.26. The molecule has 1 aromatic carbocycles. The lowest BCUT2D eigenvalue weighted by Gasteiger charge is -2.36. The van der Waals surface area contributed by atoms with Crippen LogP contribution in [0.2, 0.25) is 0 Å². The molecule has 2 heterocycles. The van der Waals surface area contributed by atoms with E-state index >= 15 is 0 Å². The number of benzene rings is 1. The Labute approximate surface area is 159 Å². The molecule has 1 aliphatic rings. The molecule has 27 heavy (non-hydrogen) atoms. The lowest BCUT2D eigenvalue weighted by atomic mass is 10.0. The van der Waals surface area contributed by atoms with Crippen molar-refractivity contribution in [2.45, 2.75) is 51.7 Å². The number of aromatic nitrogens is 1. The second-order valence-corrected chi connectivity index (χ2v) is 7.03. The molecular formula is C21H27NO5. The SMILES string of the molecule is CCC1(C(=O)O)OCC(CCCCc2nc(-c3ccccc3)oc2C)CO1. The first-order chi connectivity index (χ1) is 13.0. The predicted molar refractivity (Wildman–Crippen MR) is 100 cm³/mol. The van der Waals surface area contributed by atoms with Gasteiger partial charge in [0, 0.05) is 17.9 Å². The van der Waals surface area contributed by atoms with Crippen molar-refractivity contribution in [1.82, 2.24) is 4.98 Å². The lowest BCUT2D eigenvalue weighted by Crippen LogP contribution is -2.49. The zero-order valence-electron chi connectivity index (χ0n) is 15.9. The lowest BCUT2D eigenvalue weighted by molar-refractivity contribution is -0.280. The van der Waals surface area contributed by atoms with Crippen molar-refractivity contribution >= 4 is 5.97 Å². The Kier molecular flexibility index (Phi) is 6.29. The van der Waals surface area contributed by atoms with Crippen molar-refractivity contribution in [3.05, 3.63) is 41.8 Å². The van der Waals surface area contributed by atoms with Gasteiger partial charge in [0.15, 0.2) is 0 Å². The summed E-state index contributed by atoms with van der Waals surface area (Å²) in [6.45, 7) is 4.58. The first-order valence-corrected chi connectivity index (χ1v) is 9.57. The maximum Gasteiger partial charge on any atom is 0.364 e. The van der Waals surface area contributed by atoms with E-state index in [4.69, 9.17) is 13.9 Å². The fourth-order valence-electron chi connectivity index (χ4n) is 3.33. The molecule has 0 radical (unpaired) electrons. The molecule has 0 saturated carbocycles. The highest BCUT2D eigenvalue weighted by Crippen LogP contribution is 2.28. The Morgan fingerprint density at radius 1 is 1.22 bits per heavy atom. The number of rotatable bonds is 8. The molecule has 1 aromatic heterocycles. The molecule has 1 fully saturated rings. The van der Waals surface area contributed by atoms with E-state index in [0.29, 0.717) is 25.5 Å². The van der Waals surface area contributed by atoms with Crippen molar-refractivity contribution in [2.24, 2.45) is 5.92 Å². The Balaban J connectivity index is 1.44. The van der Waals surface area contributed by atoms with Crippen LogP contribution in [0.15, 0.2) is 34.7 Å². The molecule has 1 N–H and O–H groups in total. The number of unbranched alkanes of at least 4 members (excludes halogenated alkanes) is 1. The van der Waals surface area contributed by atoms with Crippen molar-refractivity contribution in [3.63, 3.8) is 0 Å². The zero-order chi connectivity index (χ0) is 19.3. The van der Waals surface area contributed by atoms with Crippen LogP contribution >= 0.6 is 0 Å². The van der Waals surface area contributed by atoms with Crippen LogP contribution in [0.4, 0.5) is 0 Å². The predicted octanol–water partition coefficient (Wildman–Crippen LogP) is 4.22. The van der Waals surface area contributed by atoms with Crippen molar-refractivity contribution in [3.8, 4) is 11.5 Å². The molecule has 0 spiro atoms. The Hall–Kier alpha value is -2.18. The molecule has 0 atom stereocenters. The van der Waals surface area contributed by atoms with E-state index in [1.807, 2.05) is 37.3 Å². The summed E-state index contributed by atoms with van der Waals surface area (Å²) in [6.07, 6.45) is 4.13. The molecule has 1 saturated heterocycles. The second-order valence-electron chi connectivity index (χ2n) is 7.03. The molecular weight excluding hydrogens is 346 g/mol. The van der Waals surface area contributed by atoms with Gasteiger partial charge in [-0.3, -0.25) is 0 Å². The molecule has 0 unspecified atom stereocenters. The summed E-state index contributed by atoms with van der Waals surface area (Å²) in [5.74, 6) is -0.724. The summed E-state index contributed by atoms with van der Waals surface area (Å²) in [6, 6.07) is 9.90. The third kappa shape index (κ3) is 4.57. The molecule has 1 aliphatic heterocycles. The standard InChI is InChI=1S/C21H27NO5/c1-3-21(20(23)24)25-13-16(14-26-21)9-7-8-12-18-15(2)27-19(22-18)17-10-5-4-6-11-17/h4-6,10-11,16H,3,7-9,12-14H2,1-2H3,(H,23,24). The quantitative estimate of drug-likeness (QED) is 0.698. The summed E-state index contributed by atoms with van der Waals surface area (Å²) in [4.78, 5) is 15.9. The van der Waals surface area contributed by atoms with Gasteiger partial charge < -0.3 is 19.0 Å². The second kappa shape index (κ2) is 8.67. The fraction of sp³-hybridized carbons (Fsp3) is 0.524. The third-order valence-electron chi connectivity index (χ3n) is 5.09. The van der Waals surface area contributed by atoms with Gasteiger partial charge in [-0.1, -0.05) is 31.5 Å². The van der Waals surface area contributed by atoms with Gasteiger partial charge in [0.1, 0.15) is 5.76 Å². The Morgan fingerprint density at radius 2 is 1.93 bits per heavy atom. The molecule has 0 aliphatic carbocycles. The molecule has 6 nitrogen and oxygen atoms in total. The van der Waals surface area contributed by atoms with Crippen LogP contribution in [0, 0.1) is 12.8 Å². The first kappa shape index (κ1) is 19.6. The minimum atomic E-state index is -1.46. The highest BCUT2D eigenvalue weighted by atomic mass is 16.7. The van der Waals surface area contributed by atoms with E-state index in [9.17, 15) is 9.90 Å². The van der Waals surface area contributed by atoms with E-state index in [0.717, 1.165) is 42.7 Å².